The van der Waals surface area contributed by atoms with Gasteiger partial charge in [-0.1, -0.05) is 35.5 Å². The molecule has 0 saturated carbocycles. The van der Waals surface area contributed by atoms with Crippen LogP contribution in [0.5, 0.6) is 0 Å². The van der Waals surface area contributed by atoms with Crippen LogP contribution in [-0.4, -0.2) is 27.6 Å². The molecule has 0 atom stereocenters. The fourth-order valence-corrected chi connectivity index (χ4v) is 2.09. The first-order valence-corrected chi connectivity index (χ1v) is 7.61. The molecule has 1 amide bonds. The lowest BCUT2D eigenvalue weighted by Crippen LogP contribution is -2.27. The molecule has 0 radical (unpaired) electrons. The van der Waals surface area contributed by atoms with Crippen LogP contribution in [-0.2, 0) is 22.7 Å². The van der Waals surface area contributed by atoms with Gasteiger partial charge in [0.15, 0.2) is 0 Å². The second-order valence-electron chi connectivity index (χ2n) is 5.21. The first-order valence-electron chi connectivity index (χ1n) is 7.61. The third-order valence-electron chi connectivity index (χ3n) is 3.28. The Morgan fingerprint density at radius 3 is 2.88 bits per heavy atom. The molecule has 1 aromatic carbocycles. The number of aromatic amines is 1. The van der Waals surface area contributed by atoms with Gasteiger partial charge in [0.25, 0.3) is 0 Å². The van der Waals surface area contributed by atoms with Gasteiger partial charge < -0.3 is 19.6 Å². The van der Waals surface area contributed by atoms with Crippen LogP contribution in [0.3, 0.4) is 0 Å². The van der Waals surface area contributed by atoms with E-state index in [1.165, 1.54) is 12.3 Å². The molecule has 3 aromatic rings. The second-order valence-corrected chi connectivity index (χ2v) is 5.21. The number of aromatic nitrogens is 3. The zero-order valence-corrected chi connectivity index (χ0v) is 13.3. The summed E-state index contributed by atoms with van der Waals surface area (Å²) in [7, 11) is 0. The number of nitrogens with zero attached hydrogens (tertiary/aromatic N) is 2. The van der Waals surface area contributed by atoms with E-state index >= 15 is 0 Å². The summed E-state index contributed by atoms with van der Waals surface area (Å²) >= 11 is 0. The van der Waals surface area contributed by atoms with E-state index in [4.69, 9.17) is 9.26 Å². The molecular weight excluding hydrogens is 324 g/mol. The lowest BCUT2D eigenvalue weighted by atomic mass is 10.2. The van der Waals surface area contributed by atoms with Gasteiger partial charge in [0, 0.05) is 17.8 Å². The molecule has 128 valence electrons. The van der Waals surface area contributed by atoms with Crippen LogP contribution in [0.1, 0.15) is 11.5 Å². The van der Waals surface area contributed by atoms with E-state index in [0.717, 1.165) is 5.56 Å². The van der Waals surface area contributed by atoms with Gasteiger partial charge in [0.2, 0.25) is 23.2 Å². The maximum Gasteiger partial charge on any atom is 0.248 e. The Morgan fingerprint density at radius 2 is 2.08 bits per heavy atom. The van der Waals surface area contributed by atoms with Crippen molar-refractivity contribution >= 4 is 5.91 Å². The molecule has 0 aliphatic rings. The Morgan fingerprint density at radius 1 is 1.24 bits per heavy atom. The number of pyridine rings is 1. The van der Waals surface area contributed by atoms with Crippen molar-refractivity contribution < 1.29 is 14.1 Å². The number of benzene rings is 1. The molecule has 0 saturated heterocycles. The number of carbonyl (C=O) groups excluding carboxylic acids is 1. The highest BCUT2D eigenvalue weighted by Crippen LogP contribution is 2.12. The number of nitrogens with one attached hydrogen (secondary N) is 2. The third kappa shape index (κ3) is 4.85. The minimum absolute atomic E-state index is 0.0655. The summed E-state index contributed by atoms with van der Waals surface area (Å²) in [6, 6.07) is 12.6. The van der Waals surface area contributed by atoms with Crippen LogP contribution in [0, 0.1) is 0 Å². The van der Waals surface area contributed by atoms with Crippen LogP contribution < -0.4 is 10.9 Å². The quantitative estimate of drug-likeness (QED) is 0.670. The summed E-state index contributed by atoms with van der Waals surface area (Å²) in [6.07, 6.45) is 1.50. The highest BCUT2D eigenvalue weighted by molar-refractivity contribution is 5.77. The monoisotopic (exact) mass is 340 g/mol. The number of carbonyl (C=O) groups is 1. The van der Waals surface area contributed by atoms with Gasteiger partial charge in [0.05, 0.1) is 13.2 Å². The molecule has 25 heavy (non-hydrogen) atoms. The highest BCUT2D eigenvalue weighted by atomic mass is 16.5. The standard InChI is InChI=1S/C17H16N4O4/c22-14-8-13(6-7-18-14)17-20-16(25-21-17)9-19-15(23)11-24-10-12-4-2-1-3-5-12/h1-8H,9-11H2,(H,18,22)(H,19,23). The maximum atomic E-state index is 11.8. The minimum Gasteiger partial charge on any atom is -0.367 e. The van der Waals surface area contributed by atoms with Gasteiger partial charge in [0.1, 0.15) is 6.61 Å². The van der Waals surface area contributed by atoms with Crippen LogP contribution in [0.25, 0.3) is 11.4 Å². The molecule has 8 heteroatoms. The number of ether oxygens (including phenoxy) is 1. The molecule has 0 bridgehead atoms. The number of hydrogen-bond acceptors (Lipinski definition) is 6. The number of H-pyrrole nitrogens is 1. The fraction of sp³-hybridized carbons (Fsp3) is 0.176. The molecule has 2 aromatic heterocycles. The van der Waals surface area contributed by atoms with Crippen molar-refractivity contribution in [1.82, 2.24) is 20.4 Å². The van der Waals surface area contributed by atoms with Crippen LogP contribution in [0.4, 0.5) is 0 Å². The summed E-state index contributed by atoms with van der Waals surface area (Å²) in [6.45, 7) is 0.384. The Labute approximate surface area is 142 Å². The molecule has 8 nitrogen and oxygen atoms in total. The van der Waals surface area contributed by atoms with E-state index in [-0.39, 0.29) is 36.3 Å². The van der Waals surface area contributed by atoms with Gasteiger partial charge in [-0.2, -0.15) is 4.98 Å². The van der Waals surface area contributed by atoms with Crippen molar-refractivity contribution in [2.24, 2.45) is 0 Å². The van der Waals surface area contributed by atoms with E-state index < -0.39 is 0 Å². The predicted octanol–water partition coefficient (Wildman–Crippen LogP) is 1.26. The van der Waals surface area contributed by atoms with Gasteiger partial charge in [-0.3, -0.25) is 9.59 Å². The van der Waals surface area contributed by atoms with E-state index in [1.54, 1.807) is 6.07 Å². The first-order chi connectivity index (χ1) is 12.2. The third-order valence-corrected chi connectivity index (χ3v) is 3.28. The van der Waals surface area contributed by atoms with Crippen LogP contribution >= 0.6 is 0 Å². The SMILES string of the molecule is O=C(COCc1ccccc1)NCc1nc(-c2cc[nH]c(=O)c2)no1. The van der Waals surface area contributed by atoms with Crippen LogP contribution in [0.2, 0.25) is 0 Å². The Hall–Kier alpha value is -3.26. The molecule has 0 unspecified atom stereocenters. The normalized spacial score (nSPS) is 10.6. The molecule has 3 rings (SSSR count). The Bertz CT molecular complexity index is 889. The van der Waals surface area contributed by atoms with Gasteiger partial charge in [-0.05, 0) is 11.6 Å². The van der Waals surface area contributed by atoms with Crippen molar-refractivity contribution in [3.8, 4) is 11.4 Å². The molecule has 0 fully saturated rings. The summed E-state index contributed by atoms with van der Waals surface area (Å²) in [5, 5.41) is 6.42. The smallest absolute Gasteiger partial charge is 0.248 e. The van der Waals surface area contributed by atoms with Crippen molar-refractivity contribution in [3.63, 3.8) is 0 Å². The summed E-state index contributed by atoms with van der Waals surface area (Å²) in [5.74, 6) is 0.245. The minimum atomic E-state index is -0.285. The van der Waals surface area contributed by atoms with E-state index in [9.17, 15) is 9.59 Å². The number of rotatable bonds is 7. The molecular formula is C17H16N4O4. The van der Waals surface area contributed by atoms with Gasteiger partial charge >= 0.3 is 0 Å². The second kappa shape index (κ2) is 8.02. The fourth-order valence-electron chi connectivity index (χ4n) is 2.09. The molecule has 2 N–H and O–H groups in total. The van der Waals surface area contributed by atoms with Gasteiger partial charge in [-0.15, -0.1) is 0 Å². The first kappa shape index (κ1) is 16.6. The van der Waals surface area contributed by atoms with E-state index in [2.05, 4.69) is 20.4 Å². The van der Waals surface area contributed by atoms with Gasteiger partial charge in [-0.25, -0.2) is 0 Å². The Kier molecular flexibility index (Phi) is 5.32. The van der Waals surface area contributed by atoms with Crippen molar-refractivity contribution in [3.05, 3.63) is 70.5 Å². The number of amides is 1. The van der Waals surface area contributed by atoms with Crippen LogP contribution in [0.15, 0.2) is 58.0 Å². The Balaban J connectivity index is 1.45. The molecule has 0 aliphatic heterocycles. The summed E-state index contributed by atoms with van der Waals surface area (Å²) < 4.78 is 10.4. The van der Waals surface area contributed by atoms with E-state index in [1.807, 2.05) is 30.3 Å². The largest absolute Gasteiger partial charge is 0.367 e. The molecule has 2 heterocycles. The lowest BCUT2D eigenvalue weighted by Gasteiger charge is -2.04. The predicted molar refractivity (Wildman–Crippen MR) is 88.3 cm³/mol. The summed E-state index contributed by atoms with van der Waals surface area (Å²) in [5.41, 5.74) is 1.28. The highest BCUT2D eigenvalue weighted by Gasteiger charge is 2.10. The zero-order valence-electron chi connectivity index (χ0n) is 13.3. The van der Waals surface area contributed by atoms with Crippen molar-refractivity contribution in [1.29, 1.82) is 0 Å². The number of hydrogen-bond donors (Lipinski definition) is 2. The topological polar surface area (TPSA) is 110 Å². The molecule has 0 spiro atoms. The molecule has 0 aliphatic carbocycles. The lowest BCUT2D eigenvalue weighted by molar-refractivity contribution is -0.126. The van der Waals surface area contributed by atoms with Crippen molar-refractivity contribution in [2.75, 3.05) is 6.61 Å². The summed E-state index contributed by atoms with van der Waals surface area (Å²) in [4.78, 5) is 29.7. The maximum absolute atomic E-state index is 11.8. The average molecular weight is 340 g/mol. The zero-order chi connectivity index (χ0) is 17.5. The average Bonchev–Trinajstić information content (AvgIpc) is 3.10. The van der Waals surface area contributed by atoms with E-state index in [0.29, 0.717) is 12.2 Å². The van der Waals surface area contributed by atoms with Crippen molar-refractivity contribution in [2.45, 2.75) is 13.2 Å².